The SMILES string of the molecule is C[C@@H](O)[C@H](N)C(=O)N[C@@H]1O[C@H](CO)[C@@H](O)[C@H](O)[C@H]1O. The van der Waals surface area contributed by atoms with Crippen LogP contribution < -0.4 is 11.1 Å². The lowest BCUT2D eigenvalue weighted by Crippen LogP contribution is -2.64. The number of hydrogen-bond acceptors (Lipinski definition) is 8. The smallest absolute Gasteiger partial charge is 0.241 e. The van der Waals surface area contributed by atoms with Crippen molar-refractivity contribution in [1.29, 1.82) is 0 Å². The van der Waals surface area contributed by atoms with E-state index in [2.05, 4.69) is 5.32 Å². The quantitative estimate of drug-likeness (QED) is 0.271. The highest BCUT2D eigenvalue weighted by molar-refractivity contribution is 5.82. The molecule has 1 saturated heterocycles. The van der Waals surface area contributed by atoms with Crippen LogP contribution >= 0.6 is 0 Å². The Kier molecular flexibility index (Phi) is 5.62. The van der Waals surface area contributed by atoms with Crippen LogP contribution in [0, 0.1) is 0 Å². The maximum Gasteiger partial charge on any atom is 0.241 e. The molecule has 1 aliphatic rings. The van der Waals surface area contributed by atoms with E-state index in [0.29, 0.717) is 0 Å². The Balaban J connectivity index is 2.69. The number of hydrogen-bond donors (Lipinski definition) is 7. The number of nitrogens with two attached hydrogens (primary N) is 1. The molecule has 9 nitrogen and oxygen atoms in total. The largest absolute Gasteiger partial charge is 0.394 e. The molecule has 1 aliphatic heterocycles. The molecule has 8 N–H and O–H groups in total. The predicted octanol–water partition coefficient (Wildman–Crippen LogP) is -4.39. The fourth-order valence-corrected chi connectivity index (χ4v) is 1.68. The van der Waals surface area contributed by atoms with E-state index in [1.807, 2.05) is 0 Å². The van der Waals surface area contributed by atoms with Gasteiger partial charge in [0.1, 0.15) is 30.5 Å². The fraction of sp³-hybridized carbons (Fsp3) is 0.900. The Morgan fingerprint density at radius 3 is 2.37 bits per heavy atom. The van der Waals surface area contributed by atoms with Gasteiger partial charge in [-0.05, 0) is 6.92 Å². The van der Waals surface area contributed by atoms with E-state index in [-0.39, 0.29) is 0 Å². The number of carbonyl (C=O) groups excluding carboxylic acids is 1. The van der Waals surface area contributed by atoms with Gasteiger partial charge in [0.2, 0.25) is 5.91 Å². The molecule has 1 rings (SSSR count). The molecule has 0 unspecified atom stereocenters. The van der Waals surface area contributed by atoms with Crippen LogP contribution in [0.3, 0.4) is 0 Å². The molecular formula is C10H20N2O7. The predicted molar refractivity (Wildman–Crippen MR) is 61.6 cm³/mol. The molecule has 19 heavy (non-hydrogen) atoms. The molecule has 1 amide bonds. The van der Waals surface area contributed by atoms with Crippen LogP contribution in [0.4, 0.5) is 0 Å². The van der Waals surface area contributed by atoms with Gasteiger partial charge >= 0.3 is 0 Å². The Morgan fingerprint density at radius 1 is 1.32 bits per heavy atom. The number of nitrogens with one attached hydrogen (secondary N) is 1. The van der Waals surface area contributed by atoms with Gasteiger partial charge < -0.3 is 41.3 Å². The summed E-state index contributed by atoms with van der Waals surface area (Å²) >= 11 is 0. The van der Waals surface area contributed by atoms with Crippen LogP contribution in [-0.4, -0.2) is 80.8 Å². The Labute approximate surface area is 109 Å². The molecule has 1 fully saturated rings. The summed E-state index contributed by atoms with van der Waals surface area (Å²) in [4.78, 5) is 11.6. The number of carbonyl (C=O) groups is 1. The second kappa shape index (κ2) is 6.57. The molecular weight excluding hydrogens is 260 g/mol. The average Bonchev–Trinajstić information content (AvgIpc) is 2.38. The zero-order valence-electron chi connectivity index (χ0n) is 10.4. The normalized spacial score (nSPS) is 38.6. The third kappa shape index (κ3) is 3.60. The van der Waals surface area contributed by atoms with E-state index in [0.717, 1.165) is 0 Å². The van der Waals surface area contributed by atoms with Crippen LogP contribution in [0.5, 0.6) is 0 Å². The summed E-state index contributed by atoms with van der Waals surface area (Å²) < 4.78 is 5.05. The highest BCUT2D eigenvalue weighted by Gasteiger charge is 2.44. The molecule has 7 atom stereocenters. The van der Waals surface area contributed by atoms with Crippen molar-refractivity contribution < 1.29 is 35.1 Å². The van der Waals surface area contributed by atoms with E-state index in [1.165, 1.54) is 6.92 Å². The minimum absolute atomic E-state index is 0.597. The summed E-state index contributed by atoms with van der Waals surface area (Å²) in [6.07, 6.45) is -8.23. The summed E-state index contributed by atoms with van der Waals surface area (Å²) in [6, 6.07) is -1.23. The van der Waals surface area contributed by atoms with Gasteiger partial charge in [0.15, 0.2) is 6.23 Å². The number of amides is 1. The molecule has 0 aromatic carbocycles. The number of aliphatic hydroxyl groups is 5. The molecule has 0 aromatic heterocycles. The molecule has 0 aromatic rings. The number of rotatable bonds is 4. The van der Waals surface area contributed by atoms with Crippen LogP contribution in [0.25, 0.3) is 0 Å². The van der Waals surface area contributed by atoms with E-state index >= 15 is 0 Å². The van der Waals surface area contributed by atoms with E-state index < -0.39 is 55.3 Å². The van der Waals surface area contributed by atoms with Gasteiger partial charge in [-0.3, -0.25) is 4.79 Å². The average molecular weight is 280 g/mol. The van der Waals surface area contributed by atoms with Gasteiger partial charge in [0.05, 0.1) is 12.7 Å². The van der Waals surface area contributed by atoms with E-state index in [4.69, 9.17) is 20.7 Å². The third-order valence-electron chi connectivity index (χ3n) is 3.00. The first-order valence-electron chi connectivity index (χ1n) is 5.84. The second-order valence-corrected chi connectivity index (χ2v) is 4.52. The maximum absolute atomic E-state index is 11.6. The second-order valence-electron chi connectivity index (χ2n) is 4.52. The first-order valence-corrected chi connectivity index (χ1v) is 5.84. The van der Waals surface area contributed by atoms with Gasteiger partial charge in [-0.1, -0.05) is 0 Å². The van der Waals surface area contributed by atoms with Crippen LogP contribution in [0.1, 0.15) is 6.92 Å². The molecule has 0 bridgehead atoms. The molecule has 0 saturated carbocycles. The van der Waals surface area contributed by atoms with Crippen molar-refractivity contribution >= 4 is 5.91 Å². The van der Waals surface area contributed by atoms with Crippen molar-refractivity contribution in [2.24, 2.45) is 5.73 Å². The van der Waals surface area contributed by atoms with Crippen LogP contribution in [0.15, 0.2) is 0 Å². The van der Waals surface area contributed by atoms with Crippen LogP contribution in [0.2, 0.25) is 0 Å². The van der Waals surface area contributed by atoms with Crippen LogP contribution in [-0.2, 0) is 9.53 Å². The highest BCUT2D eigenvalue weighted by atomic mass is 16.6. The Hall–Kier alpha value is -0.810. The first-order chi connectivity index (χ1) is 8.79. The molecule has 0 spiro atoms. The van der Waals surface area contributed by atoms with Gasteiger partial charge in [-0.2, -0.15) is 0 Å². The zero-order chi connectivity index (χ0) is 14.7. The van der Waals surface area contributed by atoms with Crippen molar-refractivity contribution in [3.05, 3.63) is 0 Å². The maximum atomic E-state index is 11.6. The fourth-order valence-electron chi connectivity index (χ4n) is 1.68. The summed E-state index contributed by atoms with van der Waals surface area (Å²) in [7, 11) is 0. The monoisotopic (exact) mass is 280 g/mol. The summed E-state index contributed by atoms with van der Waals surface area (Å²) in [5.74, 6) is -0.792. The number of ether oxygens (including phenoxy) is 1. The van der Waals surface area contributed by atoms with Gasteiger partial charge in [-0.25, -0.2) is 0 Å². The molecule has 112 valence electrons. The first kappa shape index (κ1) is 16.2. The van der Waals surface area contributed by atoms with Crippen molar-refractivity contribution in [2.45, 2.75) is 49.7 Å². The lowest BCUT2D eigenvalue weighted by Gasteiger charge is -2.40. The van der Waals surface area contributed by atoms with Crippen molar-refractivity contribution in [1.82, 2.24) is 5.32 Å². The van der Waals surface area contributed by atoms with E-state index in [1.54, 1.807) is 0 Å². The zero-order valence-corrected chi connectivity index (χ0v) is 10.4. The molecule has 0 radical (unpaired) electrons. The summed E-state index contributed by atoms with van der Waals surface area (Å²) in [5.41, 5.74) is 5.39. The topological polar surface area (TPSA) is 166 Å². The van der Waals surface area contributed by atoms with Crippen molar-refractivity contribution in [3.8, 4) is 0 Å². The third-order valence-corrected chi connectivity index (χ3v) is 3.00. The lowest BCUT2D eigenvalue weighted by molar-refractivity contribution is -0.236. The van der Waals surface area contributed by atoms with Gasteiger partial charge in [0, 0.05) is 0 Å². The number of aliphatic hydroxyl groups excluding tert-OH is 5. The van der Waals surface area contributed by atoms with Crippen molar-refractivity contribution in [3.63, 3.8) is 0 Å². The minimum atomic E-state index is -1.58. The minimum Gasteiger partial charge on any atom is -0.394 e. The summed E-state index contributed by atoms with van der Waals surface area (Å²) in [5, 5.41) is 49.0. The van der Waals surface area contributed by atoms with Crippen molar-refractivity contribution in [2.75, 3.05) is 6.61 Å². The van der Waals surface area contributed by atoms with Gasteiger partial charge in [-0.15, -0.1) is 0 Å². The highest BCUT2D eigenvalue weighted by Crippen LogP contribution is 2.19. The Bertz CT molecular complexity index is 312. The molecule has 0 aliphatic carbocycles. The van der Waals surface area contributed by atoms with E-state index in [9.17, 15) is 20.1 Å². The lowest BCUT2D eigenvalue weighted by atomic mass is 9.98. The Morgan fingerprint density at radius 2 is 1.89 bits per heavy atom. The summed E-state index contributed by atoms with van der Waals surface area (Å²) in [6.45, 7) is 0.720. The molecule has 1 heterocycles. The molecule has 9 heteroatoms. The van der Waals surface area contributed by atoms with Gasteiger partial charge in [0.25, 0.3) is 0 Å². The standard InChI is InChI=1S/C10H20N2O7/c1-3(14)5(11)9(18)12-10-8(17)7(16)6(15)4(2-13)19-10/h3-8,10,13-17H,2,11H2,1H3,(H,12,18)/t3-,4-,5+,6-,7+,8-,10-/m1/s1.